The van der Waals surface area contributed by atoms with Crippen LogP contribution in [0.4, 0.5) is 0 Å². The van der Waals surface area contributed by atoms with Crippen LogP contribution in [-0.2, 0) is 20.6 Å². The maximum atomic E-state index is 14.9. The minimum Gasteiger partial charge on any atom is -0.508 e. The molecule has 0 saturated heterocycles. The van der Waals surface area contributed by atoms with Gasteiger partial charge in [-0.3, -0.25) is 0 Å². The van der Waals surface area contributed by atoms with E-state index in [0.717, 1.165) is 60.7 Å². The molecule has 12 rings (SSSR count). The number of phenols is 22. The Morgan fingerprint density at radius 1 is 0.309 bits per heavy atom. The van der Waals surface area contributed by atoms with Crippen molar-refractivity contribution in [1.82, 2.24) is 0 Å². The molecule has 0 bridgehead atoms. The van der Waals surface area contributed by atoms with Crippen LogP contribution in [0.2, 0.25) is 0 Å². The van der Waals surface area contributed by atoms with E-state index in [1.165, 1.54) is 0 Å². The van der Waals surface area contributed by atoms with Gasteiger partial charge in [-0.2, -0.15) is 0 Å². The summed E-state index contributed by atoms with van der Waals surface area (Å²) in [6.07, 6.45) is -13.2. The van der Waals surface area contributed by atoms with Crippen molar-refractivity contribution in [2.75, 3.05) is 0 Å². The average molecular weight is 1340 g/mol. The van der Waals surface area contributed by atoms with Crippen molar-refractivity contribution in [3.8, 4) is 144 Å². The number of carbonyl (C=O) groups excluding carboxylic acids is 3. The SMILES string of the molecule is O=C(OC1Cc2c(O)cc(O)c(C3c4c(O)cc(O)c(C5c6c(O)cc(O)cc6OC(c6ccc(O)c(O)c6)C5OC(=O)c5cc(O)c(O)c(O)c5)c4OC(c4cc(O)c(O)c(O)c4)C3OC(=O)c3cc(O)c(O)c(O)c3)c2OC1c1ccc(O)c(O)c1)c1cc(O)c(O)c(O)c1. The lowest BCUT2D eigenvalue weighted by atomic mass is 9.73. The van der Waals surface area contributed by atoms with Crippen LogP contribution in [0.15, 0.2) is 109 Å². The van der Waals surface area contributed by atoms with Gasteiger partial charge in [0.1, 0.15) is 57.8 Å². The Hall–Kier alpha value is -13.6. The number of hydrogen-bond acceptors (Lipinski definition) is 31. The van der Waals surface area contributed by atoms with E-state index in [1.807, 2.05) is 0 Å². The van der Waals surface area contributed by atoms with E-state index in [4.69, 9.17) is 28.4 Å². The van der Waals surface area contributed by atoms with Crippen molar-refractivity contribution in [1.29, 1.82) is 0 Å². The maximum absolute atomic E-state index is 14.9. The number of carbonyl (C=O) groups is 3. The molecule has 8 unspecified atom stereocenters. The van der Waals surface area contributed by atoms with Crippen molar-refractivity contribution in [3.05, 3.63) is 170 Å². The van der Waals surface area contributed by atoms with E-state index < -0.39 is 267 Å². The lowest BCUT2D eigenvalue weighted by molar-refractivity contribution is -0.0346. The Bertz CT molecular complexity index is 4720. The highest BCUT2D eigenvalue weighted by Gasteiger charge is 2.54. The molecule has 31 heteroatoms. The second-order valence-electron chi connectivity index (χ2n) is 22.5. The van der Waals surface area contributed by atoms with Crippen molar-refractivity contribution in [3.63, 3.8) is 0 Å². The predicted octanol–water partition coefficient (Wildman–Crippen LogP) is 7.09. The third-order valence-electron chi connectivity index (χ3n) is 16.5. The van der Waals surface area contributed by atoms with Gasteiger partial charge >= 0.3 is 17.9 Å². The number of aromatic hydroxyl groups is 22. The number of rotatable bonds is 11. The Labute approximate surface area is 540 Å². The second-order valence-corrected chi connectivity index (χ2v) is 22.5. The van der Waals surface area contributed by atoms with E-state index >= 15 is 0 Å². The van der Waals surface area contributed by atoms with Gasteiger partial charge in [-0.05, 0) is 72.8 Å². The van der Waals surface area contributed by atoms with E-state index in [2.05, 4.69) is 0 Å². The zero-order valence-electron chi connectivity index (χ0n) is 48.7. The van der Waals surface area contributed by atoms with Crippen LogP contribution in [0.25, 0.3) is 0 Å². The van der Waals surface area contributed by atoms with Gasteiger partial charge in [0.2, 0.25) is 0 Å². The van der Waals surface area contributed by atoms with Gasteiger partial charge in [0.15, 0.2) is 123 Å². The first kappa shape index (κ1) is 63.5. The molecule has 500 valence electrons. The monoisotopic (exact) mass is 1340 g/mol. The van der Waals surface area contributed by atoms with Gasteiger partial charge in [0, 0.05) is 75.2 Å². The highest BCUT2D eigenvalue weighted by Crippen LogP contribution is 2.64. The Kier molecular flexibility index (Phi) is 15.4. The van der Waals surface area contributed by atoms with Crippen LogP contribution < -0.4 is 14.2 Å². The molecular formula is C66H50O31. The lowest BCUT2D eigenvalue weighted by Crippen LogP contribution is -2.42. The molecule has 3 aliphatic rings. The zero-order valence-corrected chi connectivity index (χ0v) is 48.7. The van der Waals surface area contributed by atoms with Crippen molar-refractivity contribution in [2.24, 2.45) is 0 Å². The van der Waals surface area contributed by atoms with E-state index in [9.17, 15) is 127 Å². The van der Waals surface area contributed by atoms with E-state index in [0.29, 0.717) is 48.5 Å². The number of esters is 3. The molecule has 31 nitrogen and oxygen atoms in total. The Morgan fingerprint density at radius 2 is 0.660 bits per heavy atom. The fourth-order valence-electron chi connectivity index (χ4n) is 12.1. The topological polar surface area (TPSA) is 552 Å². The molecule has 3 aliphatic heterocycles. The molecule has 0 aliphatic carbocycles. The van der Waals surface area contributed by atoms with Gasteiger partial charge in [-0.25, -0.2) is 14.4 Å². The van der Waals surface area contributed by atoms with Gasteiger partial charge in [-0.1, -0.05) is 12.1 Å². The van der Waals surface area contributed by atoms with Gasteiger partial charge in [0.05, 0.1) is 28.5 Å². The summed E-state index contributed by atoms with van der Waals surface area (Å²) in [6, 6.07) is 14.3. The maximum Gasteiger partial charge on any atom is 0.338 e. The second kappa shape index (κ2) is 23.5. The van der Waals surface area contributed by atoms with Crippen LogP contribution in [0, 0.1) is 0 Å². The molecule has 22 N–H and O–H groups in total. The molecule has 0 saturated carbocycles. The molecule has 9 aromatic rings. The molecule has 8 atom stereocenters. The third-order valence-corrected chi connectivity index (χ3v) is 16.5. The predicted molar refractivity (Wildman–Crippen MR) is 320 cm³/mol. The van der Waals surface area contributed by atoms with E-state index in [1.54, 1.807) is 0 Å². The number of fused-ring (bicyclic) bond motifs is 3. The fourth-order valence-corrected chi connectivity index (χ4v) is 12.1. The molecule has 0 fully saturated rings. The molecule has 0 spiro atoms. The summed E-state index contributed by atoms with van der Waals surface area (Å²) >= 11 is 0. The molecule has 9 aromatic carbocycles. The standard InChI is InChI=1S/C66H50O31/c67-26-15-33(73)47-45(16-26)92-58(21-2-4-29(69)32(72)6-21)62(96-65(90)24-11-41(81)55(87)42(82)12-24)51(47)49-35(75)19-36(76)50-52(63(97-66(91)25-13-43(83)56(88)44(84)14-25)59(95-61(49)50)22-7-37(77)53(85)38(78)8-22)48-34(74)18-30(70)27-17-46(93-64(89)23-9-39(79)54(86)40(80)10-23)57(94-60(27)48)20-1-3-28(68)31(71)5-20/h1-16,18-19,46,51-52,57-59,62-63,67-88H,17H2. The number of ether oxygens (including phenoxy) is 6. The largest absolute Gasteiger partial charge is 0.508 e. The first-order valence-corrected chi connectivity index (χ1v) is 28.3. The Morgan fingerprint density at radius 3 is 1.10 bits per heavy atom. The minimum absolute atomic E-state index is 0.187. The van der Waals surface area contributed by atoms with Crippen LogP contribution in [0.1, 0.15) is 106 Å². The highest BCUT2D eigenvalue weighted by molar-refractivity contribution is 5.93. The average Bonchev–Trinajstić information content (AvgIpc) is 0.709. The zero-order chi connectivity index (χ0) is 69.8. The number of benzene rings is 9. The first-order chi connectivity index (χ1) is 45.9. The molecule has 0 radical (unpaired) electrons. The number of hydrogen-bond donors (Lipinski definition) is 22. The molecule has 3 heterocycles. The van der Waals surface area contributed by atoms with E-state index in [-0.39, 0.29) is 11.1 Å². The summed E-state index contributed by atoms with van der Waals surface area (Å²) in [5.74, 6) is -33.1. The summed E-state index contributed by atoms with van der Waals surface area (Å²) in [6.45, 7) is 0. The summed E-state index contributed by atoms with van der Waals surface area (Å²) in [7, 11) is 0. The van der Waals surface area contributed by atoms with Gasteiger partial charge < -0.3 is 141 Å². The Balaban J connectivity index is 1.17. The normalized spacial score (nSPS) is 19.1. The van der Waals surface area contributed by atoms with Gasteiger partial charge in [-0.15, -0.1) is 0 Å². The third kappa shape index (κ3) is 11.0. The summed E-state index contributed by atoms with van der Waals surface area (Å²) < 4.78 is 38.2. The fraction of sp³-hybridized carbons (Fsp3) is 0.136. The molecule has 0 aromatic heterocycles. The first-order valence-electron chi connectivity index (χ1n) is 28.3. The number of phenolic OH excluding ortho intramolecular Hbond substituents is 22. The van der Waals surface area contributed by atoms with Crippen molar-refractivity contribution < 1.29 is 155 Å². The quantitative estimate of drug-likeness (QED) is 0.0349. The van der Waals surface area contributed by atoms with Crippen molar-refractivity contribution in [2.45, 2.75) is 54.9 Å². The smallest absolute Gasteiger partial charge is 0.338 e. The van der Waals surface area contributed by atoms with Crippen LogP contribution in [0.3, 0.4) is 0 Å². The summed E-state index contributed by atoms with van der Waals surface area (Å²) in [5, 5.41) is 244. The van der Waals surface area contributed by atoms with Crippen LogP contribution in [0.5, 0.6) is 144 Å². The van der Waals surface area contributed by atoms with Gasteiger partial charge in [0.25, 0.3) is 0 Å². The summed E-state index contributed by atoms with van der Waals surface area (Å²) in [4.78, 5) is 43.7. The highest BCUT2D eigenvalue weighted by atomic mass is 16.6. The molecular weight excluding hydrogens is 1290 g/mol. The van der Waals surface area contributed by atoms with Crippen molar-refractivity contribution >= 4 is 17.9 Å². The minimum atomic E-state index is -2.39. The summed E-state index contributed by atoms with van der Waals surface area (Å²) in [5.41, 5.74) is -6.39. The molecule has 0 amide bonds. The molecule has 97 heavy (non-hydrogen) atoms. The lowest BCUT2D eigenvalue weighted by Gasteiger charge is -2.44. The van der Waals surface area contributed by atoms with Crippen LogP contribution in [-0.4, -0.2) is 149 Å². The van der Waals surface area contributed by atoms with Crippen LogP contribution >= 0.6 is 0 Å².